The smallest absolute Gasteiger partial charge is 0.0215 e. The van der Waals surface area contributed by atoms with E-state index in [1.54, 1.807) is 0 Å². The van der Waals surface area contributed by atoms with Crippen LogP contribution in [0.5, 0.6) is 0 Å². The second-order valence-corrected chi connectivity index (χ2v) is 6.61. The quantitative estimate of drug-likeness (QED) is 0.584. The normalized spacial score (nSPS) is 36.8. The van der Waals surface area contributed by atoms with E-state index in [1.165, 1.54) is 64.2 Å². The van der Waals surface area contributed by atoms with Crippen molar-refractivity contribution in [3.63, 3.8) is 0 Å². The van der Waals surface area contributed by atoms with Crippen LogP contribution in [0.1, 0.15) is 71.1 Å². The van der Waals surface area contributed by atoms with E-state index in [0.29, 0.717) is 5.92 Å². The Labute approximate surface area is 118 Å². The van der Waals surface area contributed by atoms with Crippen LogP contribution >= 0.6 is 11.6 Å². The standard InChI is InChI=1S/C17H27Cl/c1-2-3-14-4-8-16(9-5-14)17-10-6-15(7-11-17)12-13-18/h14-17H,2-11H2,1H3. The molecular formula is C17H27Cl. The van der Waals surface area contributed by atoms with Crippen molar-refractivity contribution in [1.29, 1.82) is 0 Å². The SMILES string of the molecule is CCCC1CCC(C2CCC(C#CCl)CC2)CC1. The molecule has 0 N–H and O–H groups in total. The first-order valence-corrected chi connectivity index (χ1v) is 8.32. The van der Waals surface area contributed by atoms with Crippen molar-refractivity contribution < 1.29 is 0 Å². The Hall–Kier alpha value is -0.150. The lowest BCUT2D eigenvalue weighted by atomic mass is 9.69. The van der Waals surface area contributed by atoms with Crippen molar-refractivity contribution in [3.05, 3.63) is 0 Å². The van der Waals surface area contributed by atoms with Crippen molar-refractivity contribution in [1.82, 2.24) is 0 Å². The van der Waals surface area contributed by atoms with Gasteiger partial charge in [-0.05, 0) is 67.9 Å². The van der Waals surface area contributed by atoms with Crippen LogP contribution in [0, 0.1) is 35.0 Å². The molecule has 0 aliphatic heterocycles. The fourth-order valence-electron chi connectivity index (χ4n) is 4.17. The highest BCUT2D eigenvalue weighted by molar-refractivity contribution is 6.30. The van der Waals surface area contributed by atoms with Gasteiger partial charge in [-0.15, -0.1) is 0 Å². The van der Waals surface area contributed by atoms with Gasteiger partial charge in [0.25, 0.3) is 0 Å². The van der Waals surface area contributed by atoms with Gasteiger partial charge in [0, 0.05) is 11.3 Å². The van der Waals surface area contributed by atoms with Crippen molar-refractivity contribution in [2.75, 3.05) is 0 Å². The van der Waals surface area contributed by atoms with E-state index in [1.807, 2.05) is 0 Å². The van der Waals surface area contributed by atoms with E-state index in [9.17, 15) is 0 Å². The molecule has 0 spiro atoms. The molecule has 0 atom stereocenters. The van der Waals surface area contributed by atoms with E-state index < -0.39 is 0 Å². The summed E-state index contributed by atoms with van der Waals surface area (Å²) in [4.78, 5) is 0. The maximum atomic E-state index is 5.50. The molecule has 102 valence electrons. The van der Waals surface area contributed by atoms with Gasteiger partial charge in [-0.2, -0.15) is 0 Å². The number of hydrogen-bond acceptors (Lipinski definition) is 0. The molecule has 2 saturated carbocycles. The maximum Gasteiger partial charge on any atom is 0.0215 e. The van der Waals surface area contributed by atoms with E-state index in [4.69, 9.17) is 11.6 Å². The predicted molar refractivity (Wildman–Crippen MR) is 79.4 cm³/mol. The van der Waals surface area contributed by atoms with Gasteiger partial charge in [0.1, 0.15) is 0 Å². The van der Waals surface area contributed by atoms with E-state index in [0.717, 1.165) is 17.8 Å². The van der Waals surface area contributed by atoms with Crippen molar-refractivity contribution in [3.8, 4) is 11.3 Å². The topological polar surface area (TPSA) is 0 Å². The Kier molecular flexibility index (Phi) is 5.90. The van der Waals surface area contributed by atoms with E-state index >= 15 is 0 Å². The van der Waals surface area contributed by atoms with Gasteiger partial charge in [0.15, 0.2) is 0 Å². The zero-order valence-electron chi connectivity index (χ0n) is 11.8. The first-order chi connectivity index (χ1) is 8.83. The Morgan fingerprint density at radius 3 is 1.94 bits per heavy atom. The third kappa shape index (κ3) is 3.92. The molecule has 0 aromatic heterocycles. The highest BCUT2D eigenvalue weighted by atomic mass is 35.5. The molecule has 0 nitrogen and oxygen atoms in total. The number of rotatable bonds is 3. The van der Waals surface area contributed by atoms with Gasteiger partial charge in [-0.3, -0.25) is 0 Å². The van der Waals surface area contributed by atoms with Crippen LogP contribution < -0.4 is 0 Å². The molecule has 2 rings (SSSR count). The monoisotopic (exact) mass is 266 g/mol. The van der Waals surface area contributed by atoms with Crippen LogP contribution in [0.4, 0.5) is 0 Å². The minimum absolute atomic E-state index is 0.593. The summed E-state index contributed by atoms with van der Waals surface area (Å²) in [7, 11) is 0. The van der Waals surface area contributed by atoms with Gasteiger partial charge in [-0.1, -0.05) is 38.5 Å². The van der Waals surface area contributed by atoms with Crippen LogP contribution in [0.2, 0.25) is 0 Å². The third-order valence-corrected chi connectivity index (χ3v) is 5.39. The van der Waals surface area contributed by atoms with Crippen LogP contribution in [0.25, 0.3) is 0 Å². The first kappa shape index (κ1) is 14.3. The van der Waals surface area contributed by atoms with Crippen molar-refractivity contribution in [2.24, 2.45) is 23.7 Å². The zero-order valence-corrected chi connectivity index (χ0v) is 12.5. The van der Waals surface area contributed by atoms with E-state index in [2.05, 4.69) is 18.2 Å². The van der Waals surface area contributed by atoms with Gasteiger partial charge >= 0.3 is 0 Å². The lowest BCUT2D eigenvalue weighted by Crippen LogP contribution is -2.25. The summed E-state index contributed by atoms with van der Waals surface area (Å²) >= 11 is 5.50. The summed E-state index contributed by atoms with van der Waals surface area (Å²) in [6.45, 7) is 2.32. The lowest BCUT2D eigenvalue weighted by Gasteiger charge is -2.37. The summed E-state index contributed by atoms with van der Waals surface area (Å²) in [5.41, 5.74) is 0. The molecule has 0 heterocycles. The second-order valence-electron chi connectivity index (χ2n) is 6.42. The maximum absolute atomic E-state index is 5.50. The van der Waals surface area contributed by atoms with Crippen molar-refractivity contribution in [2.45, 2.75) is 71.1 Å². The molecule has 2 fully saturated rings. The Bertz CT molecular complexity index is 282. The van der Waals surface area contributed by atoms with Gasteiger partial charge in [0.05, 0.1) is 0 Å². The summed E-state index contributed by atoms with van der Waals surface area (Å²) in [5.74, 6) is 6.82. The summed E-state index contributed by atoms with van der Waals surface area (Å²) < 4.78 is 0. The fourth-order valence-corrected chi connectivity index (χ4v) is 4.32. The van der Waals surface area contributed by atoms with Crippen LogP contribution in [0.15, 0.2) is 0 Å². The molecule has 2 aliphatic rings. The molecule has 0 aromatic carbocycles. The lowest BCUT2D eigenvalue weighted by molar-refractivity contribution is 0.154. The summed E-state index contributed by atoms with van der Waals surface area (Å²) in [6, 6.07) is 0. The molecule has 0 aromatic rings. The Morgan fingerprint density at radius 1 is 0.889 bits per heavy atom. The molecule has 0 bridgehead atoms. The van der Waals surface area contributed by atoms with Crippen LogP contribution in [-0.4, -0.2) is 0 Å². The van der Waals surface area contributed by atoms with Gasteiger partial charge in [0.2, 0.25) is 0 Å². The number of hydrogen-bond donors (Lipinski definition) is 0. The third-order valence-electron chi connectivity index (χ3n) is 5.29. The largest absolute Gasteiger partial charge is 0.0825 e. The molecule has 0 unspecified atom stereocenters. The van der Waals surface area contributed by atoms with Gasteiger partial charge in [-0.25, -0.2) is 0 Å². The first-order valence-electron chi connectivity index (χ1n) is 7.94. The van der Waals surface area contributed by atoms with E-state index in [-0.39, 0.29) is 0 Å². The van der Waals surface area contributed by atoms with Gasteiger partial charge < -0.3 is 0 Å². The summed E-state index contributed by atoms with van der Waals surface area (Å²) in [5, 5.41) is 2.57. The molecule has 0 amide bonds. The average molecular weight is 267 g/mol. The highest BCUT2D eigenvalue weighted by Gasteiger charge is 2.30. The summed E-state index contributed by atoms with van der Waals surface area (Å²) in [6.07, 6.45) is 14.2. The second kappa shape index (κ2) is 7.44. The molecule has 2 aliphatic carbocycles. The fraction of sp³-hybridized carbons (Fsp3) is 0.882. The molecule has 18 heavy (non-hydrogen) atoms. The Balaban J connectivity index is 1.72. The Morgan fingerprint density at radius 2 is 1.44 bits per heavy atom. The minimum atomic E-state index is 0.593. The van der Waals surface area contributed by atoms with Crippen molar-refractivity contribution >= 4 is 11.6 Å². The number of halogens is 1. The molecular weight excluding hydrogens is 240 g/mol. The average Bonchev–Trinajstić information content (AvgIpc) is 2.41. The molecule has 0 saturated heterocycles. The zero-order chi connectivity index (χ0) is 12.8. The predicted octanol–water partition coefficient (Wildman–Crippen LogP) is 5.60. The minimum Gasteiger partial charge on any atom is -0.0825 e. The highest BCUT2D eigenvalue weighted by Crippen LogP contribution is 2.42. The van der Waals surface area contributed by atoms with Crippen LogP contribution in [-0.2, 0) is 0 Å². The molecule has 1 heteroatoms. The van der Waals surface area contributed by atoms with Crippen LogP contribution in [0.3, 0.4) is 0 Å². The molecule has 0 radical (unpaired) electrons.